The summed E-state index contributed by atoms with van der Waals surface area (Å²) in [6, 6.07) is 0.412. The molecule has 0 radical (unpaired) electrons. The second-order valence-corrected chi connectivity index (χ2v) is 4.79. The summed E-state index contributed by atoms with van der Waals surface area (Å²) < 4.78 is 35.8. The summed E-state index contributed by atoms with van der Waals surface area (Å²) in [5.74, 6) is 0. The van der Waals surface area contributed by atoms with Crippen molar-refractivity contribution in [2.75, 3.05) is 46.3 Å². The van der Waals surface area contributed by atoms with Crippen molar-refractivity contribution in [3.63, 3.8) is 0 Å². The minimum atomic E-state index is -4.11. The Balaban J connectivity index is 2.21. The Morgan fingerprint density at radius 2 is 2.00 bits per heavy atom. The topological polar surface area (TPSA) is 18.5 Å². The van der Waals surface area contributed by atoms with E-state index in [4.69, 9.17) is 0 Å². The number of hydrogen-bond acceptors (Lipinski definition) is 3. The predicted molar refractivity (Wildman–Crippen MR) is 62.1 cm³/mol. The lowest BCUT2D eigenvalue weighted by molar-refractivity contribution is -0.124. The normalized spacial score (nSPS) is 24.9. The average molecular weight is 253 g/mol. The summed E-state index contributed by atoms with van der Waals surface area (Å²) in [6.07, 6.45) is -3.02. The molecule has 0 aliphatic carbocycles. The molecule has 17 heavy (non-hydrogen) atoms. The molecule has 1 heterocycles. The van der Waals surface area contributed by atoms with Crippen molar-refractivity contribution in [2.45, 2.75) is 25.6 Å². The highest BCUT2D eigenvalue weighted by molar-refractivity contribution is 4.75. The maximum absolute atomic E-state index is 11.9. The molecule has 0 aromatic carbocycles. The van der Waals surface area contributed by atoms with Crippen LogP contribution < -0.4 is 5.32 Å². The minimum absolute atomic E-state index is 0.396. The fourth-order valence-electron chi connectivity index (χ4n) is 2.21. The van der Waals surface area contributed by atoms with E-state index in [0.29, 0.717) is 19.1 Å². The number of nitrogens with zero attached hydrogens (tertiary/aromatic N) is 2. The van der Waals surface area contributed by atoms with E-state index in [-0.39, 0.29) is 0 Å². The number of nitrogens with one attached hydrogen (secondary N) is 1. The molecule has 6 heteroatoms. The second kappa shape index (κ2) is 6.56. The molecule has 1 unspecified atom stereocenters. The SMILES string of the molecule is CC1CN(C)CCCN1CCNCC(F)(F)F. The van der Waals surface area contributed by atoms with Gasteiger partial charge in [0.2, 0.25) is 0 Å². The van der Waals surface area contributed by atoms with Crippen molar-refractivity contribution in [3.8, 4) is 0 Å². The molecule has 1 aliphatic rings. The molecule has 0 aromatic heterocycles. The molecular formula is C11H22F3N3. The van der Waals surface area contributed by atoms with Crippen LogP contribution in [0.5, 0.6) is 0 Å². The Morgan fingerprint density at radius 1 is 1.29 bits per heavy atom. The van der Waals surface area contributed by atoms with Crippen LogP contribution in [-0.2, 0) is 0 Å². The van der Waals surface area contributed by atoms with Crippen LogP contribution >= 0.6 is 0 Å². The molecule has 0 bridgehead atoms. The van der Waals surface area contributed by atoms with E-state index < -0.39 is 12.7 Å². The Kier molecular flexibility index (Phi) is 5.69. The van der Waals surface area contributed by atoms with Crippen molar-refractivity contribution >= 4 is 0 Å². The fraction of sp³-hybridized carbons (Fsp3) is 1.00. The van der Waals surface area contributed by atoms with Gasteiger partial charge in [0.25, 0.3) is 0 Å². The molecule has 0 spiro atoms. The van der Waals surface area contributed by atoms with Crippen LogP contribution in [0.2, 0.25) is 0 Å². The Bertz CT molecular complexity index is 220. The standard InChI is InChI=1S/C11H22F3N3/c1-10-8-16(2)5-3-6-17(10)7-4-15-9-11(12,13)14/h10,15H,3-9H2,1-2H3. The first kappa shape index (κ1) is 14.7. The van der Waals surface area contributed by atoms with Gasteiger partial charge in [-0.05, 0) is 33.5 Å². The summed E-state index contributed by atoms with van der Waals surface area (Å²) >= 11 is 0. The summed E-state index contributed by atoms with van der Waals surface area (Å²) in [4.78, 5) is 4.53. The van der Waals surface area contributed by atoms with Crippen molar-refractivity contribution in [2.24, 2.45) is 0 Å². The number of likely N-dealkylation sites (N-methyl/N-ethyl adjacent to an activating group) is 1. The summed E-state index contributed by atoms with van der Waals surface area (Å²) in [7, 11) is 2.09. The lowest BCUT2D eigenvalue weighted by Gasteiger charge is -2.27. The molecule has 1 saturated heterocycles. The third-order valence-corrected chi connectivity index (χ3v) is 3.09. The summed E-state index contributed by atoms with van der Waals surface area (Å²) in [5.41, 5.74) is 0. The minimum Gasteiger partial charge on any atom is -0.307 e. The van der Waals surface area contributed by atoms with Gasteiger partial charge in [-0.25, -0.2) is 0 Å². The van der Waals surface area contributed by atoms with Crippen LogP contribution in [-0.4, -0.2) is 68.3 Å². The van der Waals surface area contributed by atoms with Gasteiger partial charge in [-0.15, -0.1) is 0 Å². The van der Waals surface area contributed by atoms with Crippen LogP contribution in [0.3, 0.4) is 0 Å². The lowest BCUT2D eigenvalue weighted by atomic mass is 10.2. The first-order valence-electron chi connectivity index (χ1n) is 6.08. The fourth-order valence-corrected chi connectivity index (χ4v) is 2.21. The van der Waals surface area contributed by atoms with Crippen molar-refractivity contribution < 1.29 is 13.2 Å². The van der Waals surface area contributed by atoms with Gasteiger partial charge >= 0.3 is 6.18 Å². The van der Waals surface area contributed by atoms with Gasteiger partial charge in [0, 0.05) is 25.7 Å². The van der Waals surface area contributed by atoms with E-state index in [9.17, 15) is 13.2 Å². The predicted octanol–water partition coefficient (Wildman–Crippen LogP) is 1.16. The van der Waals surface area contributed by atoms with Gasteiger partial charge in [-0.1, -0.05) is 0 Å². The molecule has 0 aromatic rings. The molecule has 1 N–H and O–H groups in total. The lowest BCUT2D eigenvalue weighted by Crippen LogP contribution is -2.42. The zero-order chi connectivity index (χ0) is 12.9. The molecule has 1 atom stereocenters. The Hall–Kier alpha value is -0.330. The van der Waals surface area contributed by atoms with E-state index in [1.54, 1.807) is 0 Å². The average Bonchev–Trinajstić information content (AvgIpc) is 2.33. The Morgan fingerprint density at radius 3 is 2.65 bits per heavy atom. The first-order valence-corrected chi connectivity index (χ1v) is 6.08. The van der Waals surface area contributed by atoms with Gasteiger partial charge in [-0.3, -0.25) is 4.90 Å². The quantitative estimate of drug-likeness (QED) is 0.759. The van der Waals surface area contributed by atoms with Crippen LogP contribution in [0.4, 0.5) is 13.2 Å². The molecule has 1 aliphatic heterocycles. The van der Waals surface area contributed by atoms with Gasteiger partial charge < -0.3 is 10.2 Å². The van der Waals surface area contributed by atoms with E-state index in [0.717, 1.165) is 26.1 Å². The monoisotopic (exact) mass is 253 g/mol. The zero-order valence-electron chi connectivity index (χ0n) is 10.6. The second-order valence-electron chi connectivity index (χ2n) is 4.79. The van der Waals surface area contributed by atoms with Crippen LogP contribution in [0, 0.1) is 0 Å². The molecule has 1 fully saturated rings. The smallest absolute Gasteiger partial charge is 0.307 e. The van der Waals surface area contributed by atoms with Gasteiger partial charge in [0.15, 0.2) is 0 Å². The van der Waals surface area contributed by atoms with Gasteiger partial charge in [0.1, 0.15) is 0 Å². The first-order chi connectivity index (χ1) is 7.88. The highest BCUT2D eigenvalue weighted by atomic mass is 19.4. The van der Waals surface area contributed by atoms with E-state index >= 15 is 0 Å². The molecule has 1 rings (SSSR count). The number of hydrogen-bond donors (Lipinski definition) is 1. The molecule has 0 amide bonds. The maximum atomic E-state index is 11.9. The van der Waals surface area contributed by atoms with Crippen LogP contribution in [0.25, 0.3) is 0 Å². The number of halogens is 3. The highest BCUT2D eigenvalue weighted by Crippen LogP contribution is 2.12. The maximum Gasteiger partial charge on any atom is 0.401 e. The van der Waals surface area contributed by atoms with E-state index in [2.05, 4.69) is 29.1 Å². The Labute approximate surface area is 101 Å². The van der Waals surface area contributed by atoms with Crippen molar-refractivity contribution in [3.05, 3.63) is 0 Å². The third-order valence-electron chi connectivity index (χ3n) is 3.09. The van der Waals surface area contributed by atoms with Crippen molar-refractivity contribution in [1.82, 2.24) is 15.1 Å². The summed E-state index contributed by atoms with van der Waals surface area (Å²) in [6.45, 7) is 5.34. The van der Waals surface area contributed by atoms with Gasteiger partial charge in [0.05, 0.1) is 6.54 Å². The van der Waals surface area contributed by atoms with Crippen molar-refractivity contribution in [1.29, 1.82) is 0 Å². The largest absolute Gasteiger partial charge is 0.401 e. The number of rotatable bonds is 4. The molecule has 3 nitrogen and oxygen atoms in total. The highest BCUT2D eigenvalue weighted by Gasteiger charge is 2.26. The number of alkyl halides is 3. The zero-order valence-corrected chi connectivity index (χ0v) is 10.6. The third kappa shape index (κ3) is 6.24. The summed E-state index contributed by atoms with van der Waals surface area (Å²) in [5, 5.41) is 2.44. The van der Waals surface area contributed by atoms with E-state index in [1.807, 2.05) is 0 Å². The molecule has 102 valence electrons. The molecule has 0 saturated carbocycles. The molecular weight excluding hydrogens is 231 g/mol. The van der Waals surface area contributed by atoms with Crippen LogP contribution in [0.1, 0.15) is 13.3 Å². The van der Waals surface area contributed by atoms with E-state index in [1.165, 1.54) is 0 Å². The van der Waals surface area contributed by atoms with Crippen LogP contribution in [0.15, 0.2) is 0 Å². The van der Waals surface area contributed by atoms with Gasteiger partial charge in [-0.2, -0.15) is 13.2 Å².